The maximum absolute atomic E-state index is 10.3. The standard InChI is InChI=1S/C15H27N4O/c1-4-15(20)8-10-18(11-9-15)12-6-5-7-13(14(12)16)19(2,3)17/h5-7,20H,4,8-11,16-17H2,1-3H3/q+1. The van der Waals surface area contributed by atoms with E-state index in [1.54, 1.807) is 0 Å². The van der Waals surface area contributed by atoms with Gasteiger partial charge in [-0.15, -0.1) is 0 Å². The van der Waals surface area contributed by atoms with Crippen LogP contribution in [0.5, 0.6) is 0 Å². The molecule has 5 nitrogen and oxygen atoms in total. The van der Waals surface area contributed by atoms with Crippen molar-refractivity contribution in [2.75, 3.05) is 37.8 Å². The first kappa shape index (κ1) is 15.1. The highest BCUT2D eigenvalue weighted by molar-refractivity contribution is 5.80. The number of piperidine rings is 1. The highest BCUT2D eigenvalue weighted by atomic mass is 16.3. The van der Waals surface area contributed by atoms with Crippen molar-refractivity contribution in [3.8, 4) is 0 Å². The summed E-state index contributed by atoms with van der Waals surface area (Å²) >= 11 is 0. The third kappa shape index (κ3) is 2.90. The normalized spacial score (nSPS) is 19.1. The van der Waals surface area contributed by atoms with Crippen molar-refractivity contribution in [1.82, 2.24) is 4.59 Å². The largest absolute Gasteiger partial charge is 0.392 e. The molecule has 1 heterocycles. The van der Waals surface area contributed by atoms with Gasteiger partial charge < -0.3 is 15.7 Å². The second-order valence-electron chi connectivity index (χ2n) is 6.31. The van der Waals surface area contributed by atoms with Crippen LogP contribution in [-0.2, 0) is 0 Å². The summed E-state index contributed by atoms with van der Waals surface area (Å²) in [7, 11) is 3.81. The number of nitrogen functional groups attached to an aromatic ring is 1. The second-order valence-corrected chi connectivity index (χ2v) is 6.31. The average Bonchev–Trinajstić information content (AvgIpc) is 2.39. The lowest BCUT2D eigenvalue weighted by Gasteiger charge is -2.39. The van der Waals surface area contributed by atoms with Crippen molar-refractivity contribution >= 4 is 17.1 Å². The Bertz CT molecular complexity index is 473. The van der Waals surface area contributed by atoms with E-state index in [0.29, 0.717) is 0 Å². The second kappa shape index (κ2) is 5.24. The summed E-state index contributed by atoms with van der Waals surface area (Å²) in [5, 5.41) is 10.3. The molecule has 1 aromatic rings. The zero-order chi connectivity index (χ0) is 15.0. The van der Waals surface area contributed by atoms with Gasteiger partial charge in [-0.1, -0.05) is 13.0 Å². The quantitative estimate of drug-likeness (QED) is 0.339. The number of quaternary nitrogens is 1. The van der Waals surface area contributed by atoms with Gasteiger partial charge in [0.15, 0.2) is 5.69 Å². The van der Waals surface area contributed by atoms with Crippen molar-refractivity contribution in [2.24, 2.45) is 5.84 Å². The van der Waals surface area contributed by atoms with Crippen molar-refractivity contribution in [1.29, 1.82) is 0 Å². The molecule has 0 amide bonds. The number of para-hydroxylation sites is 1. The number of rotatable bonds is 3. The van der Waals surface area contributed by atoms with Gasteiger partial charge in [-0.25, -0.2) is 4.59 Å². The Labute approximate surface area is 121 Å². The molecule has 5 N–H and O–H groups in total. The van der Waals surface area contributed by atoms with E-state index in [9.17, 15) is 5.11 Å². The Hall–Kier alpha value is -1.30. The zero-order valence-corrected chi connectivity index (χ0v) is 12.8. The van der Waals surface area contributed by atoms with Gasteiger partial charge in [0.1, 0.15) is 5.69 Å². The summed E-state index contributed by atoms with van der Waals surface area (Å²) in [6.07, 6.45) is 2.38. The van der Waals surface area contributed by atoms with Crippen LogP contribution < -0.4 is 21.1 Å². The molecule has 5 heteroatoms. The van der Waals surface area contributed by atoms with E-state index < -0.39 is 5.60 Å². The highest BCUT2D eigenvalue weighted by Gasteiger charge is 2.32. The molecule has 2 rings (SSSR count). The van der Waals surface area contributed by atoms with Crippen LogP contribution in [-0.4, -0.2) is 37.9 Å². The van der Waals surface area contributed by atoms with Gasteiger partial charge in [0.2, 0.25) is 0 Å². The summed E-state index contributed by atoms with van der Waals surface area (Å²) in [4.78, 5) is 2.25. The molecule has 1 fully saturated rings. The number of aliphatic hydroxyl groups is 1. The fourth-order valence-corrected chi connectivity index (χ4v) is 2.84. The molecule has 0 aromatic heterocycles. The minimum absolute atomic E-state index is 0.215. The highest BCUT2D eigenvalue weighted by Crippen LogP contribution is 2.36. The van der Waals surface area contributed by atoms with Crippen LogP contribution in [0.25, 0.3) is 0 Å². The van der Waals surface area contributed by atoms with Gasteiger partial charge >= 0.3 is 0 Å². The third-order valence-corrected chi connectivity index (χ3v) is 4.37. The topological polar surface area (TPSA) is 75.5 Å². The Morgan fingerprint density at radius 2 is 1.90 bits per heavy atom. The molecular formula is C15H27N4O+. The molecule has 0 spiro atoms. The van der Waals surface area contributed by atoms with Gasteiger partial charge in [-0.05, 0) is 25.3 Å². The molecule has 1 aliphatic rings. The number of hydrogen-bond acceptors (Lipinski definition) is 4. The molecule has 1 aliphatic heterocycles. The van der Waals surface area contributed by atoms with Crippen molar-refractivity contribution in [3.05, 3.63) is 18.2 Å². The monoisotopic (exact) mass is 279 g/mol. The molecule has 20 heavy (non-hydrogen) atoms. The molecule has 0 radical (unpaired) electrons. The molecular weight excluding hydrogens is 252 g/mol. The van der Waals surface area contributed by atoms with E-state index in [1.165, 1.54) is 0 Å². The van der Waals surface area contributed by atoms with Crippen molar-refractivity contribution < 1.29 is 5.11 Å². The Morgan fingerprint density at radius 1 is 1.30 bits per heavy atom. The fourth-order valence-electron chi connectivity index (χ4n) is 2.84. The van der Waals surface area contributed by atoms with Gasteiger partial charge in [0.25, 0.3) is 0 Å². The number of nitrogens with two attached hydrogens (primary N) is 2. The first-order valence-electron chi connectivity index (χ1n) is 7.26. The van der Waals surface area contributed by atoms with Crippen LogP contribution in [0.1, 0.15) is 26.2 Å². The van der Waals surface area contributed by atoms with Crippen LogP contribution >= 0.6 is 0 Å². The predicted octanol–water partition coefficient (Wildman–Crippen LogP) is 1.45. The third-order valence-electron chi connectivity index (χ3n) is 4.37. The van der Waals surface area contributed by atoms with Crippen LogP contribution in [0.15, 0.2) is 18.2 Å². The lowest BCUT2D eigenvalue weighted by atomic mass is 9.89. The SMILES string of the molecule is CCC1(O)CCN(c2cccc([N+](C)(C)N)c2N)CC1. The molecule has 0 unspecified atom stereocenters. The number of nitrogens with zero attached hydrogens (tertiary/aromatic N) is 2. The van der Waals surface area contributed by atoms with Gasteiger partial charge in [-0.3, -0.25) is 0 Å². The van der Waals surface area contributed by atoms with Crippen LogP contribution in [0.3, 0.4) is 0 Å². The minimum atomic E-state index is -0.508. The van der Waals surface area contributed by atoms with Gasteiger partial charge in [0, 0.05) is 19.2 Å². The zero-order valence-electron chi connectivity index (χ0n) is 12.8. The lowest BCUT2D eigenvalue weighted by Crippen LogP contribution is -2.48. The number of hydrogen-bond donors (Lipinski definition) is 3. The van der Waals surface area contributed by atoms with E-state index in [-0.39, 0.29) is 4.59 Å². The number of benzene rings is 1. The average molecular weight is 279 g/mol. The molecule has 0 aliphatic carbocycles. The molecule has 0 saturated carbocycles. The predicted molar refractivity (Wildman–Crippen MR) is 85.4 cm³/mol. The molecule has 1 saturated heterocycles. The van der Waals surface area contributed by atoms with E-state index in [1.807, 2.05) is 39.2 Å². The maximum atomic E-state index is 10.3. The molecule has 1 aromatic carbocycles. The Kier molecular flexibility index (Phi) is 3.95. The Balaban J connectivity index is 2.23. The molecule has 0 atom stereocenters. The summed E-state index contributed by atoms with van der Waals surface area (Å²) in [6, 6.07) is 5.99. The summed E-state index contributed by atoms with van der Waals surface area (Å²) in [5.74, 6) is 6.12. The summed E-state index contributed by atoms with van der Waals surface area (Å²) in [5.41, 5.74) is 8.47. The fraction of sp³-hybridized carbons (Fsp3) is 0.600. The molecule has 112 valence electrons. The smallest absolute Gasteiger partial charge is 0.176 e. The first-order valence-corrected chi connectivity index (χ1v) is 7.26. The first-order chi connectivity index (χ1) is 9.27. The van der Waals surface area contributed by atoms with Crippen molar-refractivity contribution in [2.45, 2.75) is 31.8 Å². The number of anilines is 2. The van der Waals surface area contributed by atoms with E-state index in [2.05, 4.69) is 4.90 Å². The van der Waals surface area contributed by atoms with Crippen LogP contribution in [0, 0.1) is 0 Å². The molecule has 0 bridgehead atoms. The van der Waals surface area contributed by atoms with Crippen molar-refractivity contribution in [3.63, 3.8) is 0 Å². The lowest BCUT2D eigenvalue weighted by molar-refractivity contribution is 0.0126. The van der Waals surface area contributed by atoms with E-state index >= 15 is 0 Å². The van der Waals surface area contributed by atoms with Crippen LogP contribution in [0.2, 0.25) is 0 Å². The van der Waals surface area contributed by atoms with Gasteiger partial charge in [-0.2, -0.15) is 5.84 Å². The van der Waals surface area contributed by atoms with E-state index in [4.69, 9.17) is 11.6 Å². The van der Waals surface area contributed by atoms with Crippen LogP contribution in [0.4, 0.5) is 17.1 Å². The maximum Gasteiger partial charge on any atom is 0.176 e. The summed E-state index contributed by atoms with van der Waals surface area (Å²) < 4.78 is 0.215. The van der Waals surface area contributed by atoms with Gasteiger partial charge in [0.05, 0.1) is 25.4 Å². The minimum Gasteiger partial charge on any atom is -0.392 e. The summed E-state index contributed by atoms with van der Waals surface area (Å²) in [6.45, 7) is 3.70. The van der Waals surface area contributed by atoms with E-state index in [0.717, 1.165) is 49.4 Å². The Morgan fingerprint density at radius 3 is 2.40 bits per heavy atom.